The van der Waals surface area contributed by atoms with Crippen molar-refractivity contribution in [2.24, 2.45) is 4.99 Å². The molecule has 0 amide bonds. The molecular weight excluding hydrogens is 517 g/mol. The normalized spacial score (nSPS) is 13.1. The van der Waals surface area contributed by atoms with E-state index in [2.05, 4.69) is 34.8 Å². The van der Waals surface area contributed by atoms with Gasteiger partial charge in [-0.2, -0.15) is 5.10 Å². The van der Waals surface area contributed by atoms with E-state index in [-0.39, 0.29) is 24.0 Å². The van der Waals surface area contributed by atoms with E-state index in [9.17, 15) is 0 Å². The van der Waals surface area contributed by atoms with E-state index in [1.165, 1.54) is 11.1 Å². The van der Waals surface area contributed by atoms with Crippen LogP contribution in [0.15, 0.2) is 65.9 Å². The fraction of sp³-hybridized carbons (Fsp3) is 0.333. The molecule has 0 aliphatic carbocycles. The van der Waals surface area contributed by atoms with Gasteiger partial charge < -0.3 is 20.1 Å². The molecule has 7 nitrogen and oxygen atoms in total. The van der Waals surface area contributed by atoms with Gasteiger partial charge in [-0.05, 0) is 42.7 Å². The summed E-state index contributed by atoms with van der Waals surface area (Å²) in [5.41, 5.74) is 3.35. The van der Waals surface area contributed by atoms with Gasteiger partial charge in [0.05, 0.1) is 19.8 Å². The third-order valence-electron chi connectivity index (χ3n) is 5.09. The zero-order valence-corrected chi connectivity index (χ0v) is 20.6. The second kappa shape index (κ2) is 12.3. The number of benzene rings is 2. The first-order valence-corrected chi connectivity index (χ1v) is 10.7. The van der Waals surface area contributed by atoms with Gasteiger partial charge in [-0.1, -0.05) is 24.3 Å². The first kappa shape index (κ1) is 23.9. The molecule has 1 aliphatic heterocycles. The largest absolute Gasteiger partial charge is 0.490 e. The zero-order chi connectivity index (χ0) is 21.3. The summed E-state index contributed by atoms with van der Waals surface area (Å²) in [4.78, 5) is 4.82. The quantitative estimate of drug-likeness (QED) is 0.196. The summed E-state index contributed by atoms with van der Waals surface area (Å²) >= 11 is 0. The molecule has 0 radical (unpaired) electrons. The molecule has 0 fully saturated rings. The monoisotopic (exact) mass is 547 g/mol. The summed E-state index contributed by atoms with van der Waals surface area (Å²) in [7, 11) is 0. The predicted octanol–water partition coefficient (Wildman–Crippen LogP) is 4.62. The number of ether oxygens (including phenoxy) is 2. The molecule has 170 valence electrons. The topological polar surface area (TPSA) is 72.7 Å². The number of rotatable bonds is 7. The second-order valence-electron chi connectivity index (χ2n) is 7.48. The Labute approximate surface area is 206 Å². The zero-order valence-electron chi connectivity index (χ0n) is 18.3. The van der Waals surface area contributed by atoms with Gasteiger partial charge >= 0.3 is 0 Å². The van der Waals surface area contributed by atoms with Crippen LogP contribution in [0.2, 0.25) is 0 Å². The number of aryl methyl sites for hydroxylation is 2. The van der Waals surface area contributed by atoms with Gasteiger partial charge in [0.2, 0.25) is 0 Å². The van der Waals surface area contributed by atoms with Crippen molar-refractivity contribution in [3.8, 4) is 11.5 Å². The van der Waals surface area contributed by atoms with E-state index < -0.39 is 0 Å². The molecular formula is C24H30IN5O2. The van der Waals surface area contributed by atoms with Crippen molar-refractivity contribution in [2.45, 2.75) is 32.9 Å². The summed E-state index contributed by atoms with van der Waals surface area (Å²) in [6, 6.07) is 16.2. The smallest absolute Gasteiger partial charge is 0.196 e. The molecule has 0 unspecified atom stereocenters. The lowest BCUT2D eigenvalue weighted by Gasteiger charge is -2.15. The molecule has 0 atom stereocenters. The van der Waals surface area contributed by atoms with Crippen molar-refractivity contribution >= 4 is 35.6 Å². The Balaban J connectivity index is 0.00000289. The van der Waals surface area contributed by atoms with Crippen LogP contribution in [-0.4, -0.2) is 35.5 Å². The maximum Gasteiger partial charge on any atom is 0.196 e. The standard InChI is InChI=1S/C24H29N5O2.HI/c1-19-7-2-3-8-20(19)18-26-24(25-11-4-13-29-14-5-12-27-29)28-21-9-10-22-23(17-21)31-16-6-15-30-22;/h2-3,5,7-10,12,14,17H,4,6,11,13,15-16,18H2,1H3,(H2,25,26,28);1H. The molecule has 8 heteroatoms. The Kier molecular flexibility index (Phi) is 9.21. The third kappa shape index (κ3) is 6.88. The Bertz CT molecular complexity index is 1010. The number of halogens is 1. The van der Waals surface area contributed by atoms with Gasteiger partial charge in [0, 0.05) is 43.7 Å². The summed E-state index contributed by atoms with van der Waals surface area (Å²) in [6.45, 7) is 5.70. The molecule has 1 aliphatic rings. The number of anilines is 1. The van der Waals surface area contributed by atoms with Crippen molar-refractivity contribution < 1.29 is 9.47 Å². The van der Waals surface area contributed by atoms with E-state index in [4.69, 9.17) is 14.5 Å². The number of nitrogens with zero attached hydrogens (tertiary/aromatic N) is 3. The van der Waals surface area contributed by atoms with Gasteiger partial charge in [-0.3, -0.25) is 4.68 Å². The minimum atomic E-state index is 0. The molecule has 0 saturated heterocycles. The van der Waals surface area contributed by atoms with Crippen LogP contribution in [0, 0.1) is 6.92 Å². The highest BCUT2D eigenvalue weighted by Gasteiger charge is 2.11. The van der Waals surface area contributed by atoms with Crippen LogP contribution < -0.4 is 20.1 Å². The maximum atomic E-state index is 5.82. The number of fused-ring (bicyclic) bond motifs is 1. The van der Waals surface area contributed by atoms with Crippen molar-refractivity contribution in [1.82, 2.24) is 15.1 Å². The van der Waals surface area contributed by atoms with Crippen LogP contribution in [0.5, 0.6) is 11.5 Å². The van der Waals surface area contributed by atoms with Crippen molar-refractivity contribution in [2.75, 3.05) is 25.1 Å². The fourth-order valence-electron chi connectivity index (χ4n) is 3.35. The second-order valence-corrected chi connectivity index (χ2v) is 7.48. The number of guanidine groups is 1. The van der Waals surface area contributed by atoms with Crippen LogP contribution >= 0.6 is 24.0 Å². The fourth-order valence-corrected chi connectivity index (χ4v) is 3.35. The Morgan fingerprint density at radius 1 is 1.09 bits per heavy atom. The van der Waals surface area contributed by atoms with Crippen LogP contribution in [0.4, 0.5) is 5.69 Å². The van der Waals surface area contributed by atoms with E-state index in [0.29, 0.717) is 19.8 Å². The molecule has 32 heavy (non-hydrogen) atoms. The lowest BCUT2D eigenvalue weighted by molar-refractivity contribution is 0.297. The molecule has 1 aromatic heterocycles. The number of aromatic nitrogens is 2. The van der Waals surface area contributed by atoms with Crippen LogP contribution in [0.25, 0.3) is 0 Å². The van der Waals surface area contributed by atoms with Crippen LogP contribution in [0.1, 0.15) is 24.0 Å². The molecule has 4 rings (SSSR count). The van der Waals surface area contributed by atoms with Gasteiger partial charge in [0.25, 0.3) is 0 Å². The SMILES string of the molecule is Cc1ccccc1CN=C(NCCCn1cccn1)Nc1ccc2c(c1)OCCCO2.I. The summed E-state index contributed by atoms with van der Waals surface area (Å²) < 4.78 is 13.5. The summed E-state index contributed by atoms with van der Waals surface area (Å²) in [5, 5.41) is 11.1. The van der Waals surface area contributed by atoms with Gasteiger partial charge in [0.15, 0.2) is 17.5 Å². The van der Waals surface area contributed by atoms with Crippen molar-refractivity contribution in [3.63, 3.8) is 0 Å². The highest BCUT2D eigenvalue weighted by Crippen LogP contribution is 2.32. The molecule has 0 bridgehead atoms. The molecule has 0 saturated carbocycles. The van der Waals surface area contributed by atoms with E-state index >= 15 is 0 Å². The molecule has 2 heterocycles. The lowest BCUT2D eigenvalue weighted by atomic mass is 10.1. The van der Waals surface area contributed by atoms with E-state index in [0.717, 1.165) is 49.1 Å². The predicted molar refractivity (Wildman–Crippen MR) is 138 cm³/mol. The average Bonchev–Trinajstić information content (AvgIpc) is 3.19. The van der Waals surface area contributed by atoms with Crippen LogP contribution in [-0.2, 0) is 13.1 Å². The molecule has 2 aromatic carbocycles. The van der Waals surface area contributed by atoms with Gasteiger partial charge in [-0.25, -0.2) is 4.99 Å². The minimum absolute atomic E-state index is 0. The summed E-state index contributed by atoms with van der Waals surface area (Å²) in [5.74, 6) is 2.28. The molecule has 0 spiro atoms. The third-order valence-corrected chi connectivity index (χ3v) is 5.09. The molecule has 2 N–H and O–H groups in total. The summed E-state index contributed by atoms with van der Waals surface area (Å²) in [6.07, 6.45) is 5.60. The number of aliphatic imine (C=N–C) groups is 1. The average molecular weight is 547 g/mol. The highest BCUT2D eigenvalue weighted by molar-refractivity contribution is 14.0. The number of hydrogen-bond acceptors (Lipinski definition) is 4. The number of hydrogen-bond donors (Lipinski definition) is 2. The lowest BCUT2D eigenvalue weighted by Crippen LogP contribution is -2.32. The van der Waals surface area contributed by atoms with Crippen molar-refractivity contribution in [3.05, 3.63) is 72.1 Å². The van der Waals surface area contributed by atoms with E-state index in [1.807, 2.05) is 47.3 Å². The van der Waals surface area contributed by atoms with E-state index in [1.54, 1.807) is 6.20 Å². The maximum absolute atomic E-state index is 5.82. The number of nitrogens with one attached hydrogen (secondary N) is 2. The minimum Gasteiger partial charge on any atom is -0.490 e. The van der Waals surface area contributed by atoms with Gasteiger partial charge in [0.1, 0.15) is 0 Å². The molecule has 3 aromatic rings. The van der Waals surface area contributed by atoms with Crippen molar-refractivity contribution in [1.29, 1.82) is 0 Å². The Hall–Kier alpha value is -2.75. The van der Waals surface area contributed by atoms with Gasteiger partial charge in [-0.15, -0.1) is 24.0 Å². The highest BCUT2D eigenvalue weighted by atomic mass is 127. The first-order chi connectivity index (χ1) is 15.3. The Morgan fingerprint density at radius 3 is 2.75 bits per heavy atom. The first-order valence-electron chi connectivity index (χ1n) is 10.7. The van der Waals surface area contributed by atoms with Crippen LogP contribution in [0.3, 0.4) is 0 Å². The Morgan fingerprint density at radius 2 is 1.94 bits per heavy atom.